The molecule has 0 spiro atoms. The molecule has 0 saturated carbocycles. The lowest BCUT2D eigenvalue weighted by molar-refractivity contribution is 1.01. The summed E-state index contributed by atoms with van der Waals surface area (Å²) in [6.45, 7) is 2.82. The molecule has 1 aromatic heterocycles. The summed E-state index contributed by atoms with van der Waals surface area (Å²) >= 11 is 0. The molecule has 0 radical (unpaired) electrons. The summed E-state index contributed by atoms with van der Waals surface area (Å²) in [7, 11) is 3.91. The zero-order chi connectivity index (χ0) is 15.5. The normalized spacial score (nSPS) is 10.7. The first kappa shape index (κ1) is 14.3. The largest absolute Gasteiger partial charge is 0.365 e. The molecule has 3 aromatic rings. The first-order valence-electron chi connectivity index (χ1n) is 7.37. The molecule has 4 nitrogen and oxygen atoms in total. The Kier molecular flexibility index (Phi) is 3.92. The van der Waals surface area contributed by atoms with Crippen LogP contribution in [0.15, 0.2) is 48.5 Å². The van der Waals surface area contributed by atoms with E-state index in [-0.39, 0.29) is 0 Å². The highest BCUT2D eigenvalue weighted by Gasteiger charge is 2.09. The minimum atomic E-state index is 0.716. The lowest BCUT2D eigenvalue weighted by atomic mass is 10.1. The van der Waals surface area contributed by atoms with Gasteiger partial charge in [-0.2, -0.15) is 4.98 Å². The highest BCUT2D eigenvalue weighted by Crippen LogP contribution is 2.24. The predicted octanol–water partition coefficient (Wildman–Crippen LogP) is 3.62. The molecular weight excluding hydrogens is 272 g/mol. The summed E-state index contributed by atoms with van der Waals surface area (Å²) in [5, 5.41) is 4.49. The summed E-state index contributed by atoms with van der Waals surface area (Å²) in [5.41, 5.74) is 3.40. The molecule has 0 unspecified atom stereocenters. The molecule has 2 aromatic carbocycles. The quantitative estimate of drug-likeness (QED) is 0.797. The van der Waals surface area contributed by atoms with Gasteiger partial charge in [0.25, 0.3) is 0 Å². The van der Waals surface area contributed by atoms with Crippen molar-refractivity contribution in [2.24, 2.45) is 0 Å². The van der Waals surface area contributed by atoms with Crippen molar-refractivity contribution in [1.29, 1.82) is 0 Å². The van der Waals surface area contributed by atoms with Crippen molar-refractivity contribution >= 4 is 22.7 Å². The van der Waals surface area contributed by atoms with Crippen LogP contribution in [-0.2, 0) is 6.54 Å². The Labute approximate surface area is 130 Å². The molecule has 0 saturated heterocycles. The monoisotopic (exact) mass is 292 g/mol. The van der Waals surface area contributed by atoms with Crippen LogP contribution in [-0.4, -0.2) is 24.1 Å². The van der Waals surface area contributed by atoms with Crippen LogP contribution < -0.4 is 10.2 Å². The number of hydrogen-bond acceptors (Lipinski definition) is 4. The Hall–Kier alpha value is -2.62. The fourth-order valence-corrected chi connectivity index (χ4v) is 2.34. The molecule has 1 heterocycles. The first-order chi connectivity index (χ1) is 10.6. The maximum atomic E-state index is 4.65. The van der Waals surface area contributed by atoms with Gasteiger partial charge in [0, 0.05) is 26.0 Å². The summed E-state index contributed by atoms with van der Waals surface area (Å²) < 4.78 is 0. The zero-order valence-electron chi connectivity index (χ0n) is 13.2. The summed E-state index contributed by atoms with van der Waals surface area (Å²) in [5.74, 6) is 1.59. The predicted molar refractivity (Wildman–Crippen MR) is 92.4 cm³/mol. The van der Waals surface area contributed by atoms with Gasteiger partial charge in [-0.15, -0.1) is 0 Å². The van der Waals surface area contributed by atoms with Crippen molar-refractivity contribution < 1.29 is 0 Å². The second kappa shape index (κ2) is 6.02. The number of hydrogen-bond donors (Lipinski definition) is 1. The molecule has 22 heavy (non-hydrogen) atoms. The van der Waals surface area contributed by atoms with Crippen molar-refractivity contribution in [1.82, 2.24) is 9.97 Å². The molecule has 0 amide bonds. The third-order valence-electron chi connectivity index (χ3n) is 3.54. The van der Waals surface area contributed by atoms with Crippen molar-refractivity contribution in [3.05, 3.63) is 59.7 Å². The van der Waals surface area contributed by atoms with Crippen molar-refractivity contribution in [3.63, 3.8) is 0 Å². The van der Waals surface area contributed by atoms with Crippen molar-refractivity contribution in [3.8, 4) is 0 Å². The molecule has 4 heteroatoms. The van der Waals surface area contributed by atoms with Crippen LogP contribution in [0.2, 0.25) is 0 Å². The number of anilines is 2. The number of benzene rings is 2. The topological polar surface area (TPSA) is 41.1 Å². The second-order valence-corrected chi connectivity index (χ2v) is 5.63. The Morgan fingerprint density at radius 1 is 1.00 bits per heavy atom. The van der Waals surface area contributed by atoms with Gasteiger partial charge in [0.05, 0.1) is 5.52 Å². The van der Waals surface area contributed by atoms with E-state index in [1.807, 2.05) is 37.2 Å². The maximum absolute atomic E-state index is 4.65. The van der Waals surface area contributed by atoms with Crippen LogP contribution in [0.25, 0.3) is 10.9 Å². The van der Waals surface area contributed by atoms with Gasteiger partial charge in [-0.3, -0.25) is 0 Å². The Balaban J connectivity index is 1.99. The van der Waals surface area contributed by atoms with E-state index in [1.54, 1.807) is 0 Å². The molecule has 0 fully saturated rings. The number of fused-ring (bicyclic) bond motifs is 1. The van der Waals surface area contributed by atoms with Gasteiger partial charge < -0.3 is 10.2 Å². The number of rotatable bonds is 4. The summed E-state index contributed by atoms with van der Waals surface area (Å²) in [4.78, 5) is 11.2. The molecule has 3 rings (SSSR count). The SMILES string of the molecule is Cc1ccc2c(NCc3ccccc3)nc(N(C)C)nc2c1. The van der Waals surface area contributed by atoms with E-state index in [1.165, 1.54) is 11.1 Å². The summed E-state index contributed by atoms with van der Waals surface area (Å²) in [6, 6.07) is 16.6. The molecule has 0 atom stereocenters. The van der Waals surface area contributed by atoms with Gasteiger partial charge in [0.2, 0.25) is 5.95 Å². The van der Waals surface area contributed by atoms with E-state index < -0.39 is 0 Å². The van der Waals surface area contributed by atoms with E-state index in [0.717, 1.165) is 23.3 Å². The standard InChI is InChI=1S/C18H20N4/c1-13-9-10-15-16(11-13)20-18(22(2)3)21-17(15)19-12-14-7-5-4-6-8-14/h4-11H,12H2,1-3H3,(H,19,20,21). The van der Waals surface area contributed by atoms with Crippen LogP contribution in [0, 0.1) is 6.92 Å². The average molecular weight is 292 g/mol. The third kappa shape index (κ3) is 3.01. The Bertz CT molecular complexity index is 782. The molecule has 112 valence electrons. The average Bonchev–Trinajstić information content (AvgIpc) is 2.52. The third-order valence-corrected chi connectivity index (χ3v) is 3.54. The first-order valence-corrected chi connectivity index (χ1v) is 7.37. The highest BCUT2D eigenvalue weighted by atomic mass is 15.2. The Morgan fingerprint density at radius 2 is 1.77 bits per heavy atom. The van der Waals surface area contributed by atoms with Crippen LogP contribution in [0.1, 0.15) is 11.1 Å². The van der Waals surface area contributed by atoms with E-state index >= 15 is 0 Å². The zero-order valence-corrected chi connectivity index (χ0v) is 13.2. The van der Waals surface area contributed by atoms with Gasteiger partial charge in [-0.1, -0.05) is 36.4 Å². The van der Waals surface area contributed by atoms with E-state index in [9.17, 15) is 0 Å². The molecule has 0 aliphatic heterocycles. The van der Waals surface area contributed by atoms with Crippen molar-refractivity contribution in [2.75, 3.05) is 24.3 Å². The van der Waals surface area contributed by atoms with Crippen molar-refractivity contribution in [2.45, 2.75) is 13.5 Å². The van der Waals surface area contributed by atoms with Crippen LogP contribution in [0.3, 0.4) is 0 Å². The van der Waals surface area contributed by atoms with Gasteiger partial charge in [0.15, 0.2) is 0 Å². The number of nitrogens with zero attached hydrogens (tertiary/aromatic N) is 3. The lowest BCUT2D eigenvalue weighted by Crippen LogP contribution is -2.14. The minimum absolute atomic E-state index is 0.716. The van der Waals surface area contributed by atoms with E-state index in [0.29, 0.717) is 5.95 Å². The van der Waals surface area contributed by atoms with E-state index in [2.05, 4.69) is 52.5 Å². The second-order valence-electron chi connectivity index (χ2n) is 5.63. The van der Waals surface area contributed by atoms with Gasteiger partial charge in [-0.25, -0.2) is 4.98 Å². The minimum Gasteiger partial charge on any atom is -0.365 e. The fourth-order valence-electron chi connectivity index (χ4n) is 2.34. The van der Waals surface area contributed by atoms with Crippen LogP contribution in [0.5, 0.6) is 0 Å². The summed E-state index contributed by atoms with van der Waals surface area (Å²) in [6.07, 6.45) is 0. The highest BCUT2D eigenvalue weighted by molar-refractivity contribution is 5.90. The van der Waals surface area contributed by atoms with Crippen LogP contribution in [0.4, 0.5) is 11.8 Å². The lowest BCUT2D eigenvalue weighted by Gasteiger charge is -2.15. The van der Waals surface area contributed by atoms with Gasteiger partial charge in [0.1, 0.15) is 5.82 Å². The number of aryl methyl sites for hydroxylation is 1. The molecular formula is C18H20N4. The fraction of sp³-hybridized carbons (Fsp3) is 0.222. The smallest absolute Gasteiger partial charge is 0.227 e. The molecule has 0 bridgehead atoms. The van der Waals surface area contributed by atoms with Crippen LogP contribution >= 0.6 is 0 Å². The van der Waals surface area contributed by atoms with Gasteiger partial charge >= 0.3 is 0 Å². The number of aromatic nitrogens is 2. The molecule has 1 N–H and O–H groups in total. The number of nitrogens with one attached hydrogen (secondary N) is 1. The molecule has 0 aliphatic carbocycles. The van der Waals surface area contributed by atoms with Gasteiger partial charge in [-0.05, 0) is 30.2 Å². The maximum Gasteiger partial charge on any atom is 0.227 e. The Morgan fingerprint density at radius 3 is 2.50 bits per heavy atom. The molecule has 0 aliphatic rings. The van der Waals surface area contributed by atoms with E-state index in [4.69, 9.17) is 0 Å².